The van der Waals surface area contributed by atoms with Gasteiger partial charge in [0.05, 0.1) is 11.9 Å². The molecule has 108 valence electrons. The fourth-order valence-electron chi connectivity index (χ4n) is 1.73. The molecule has 0 fully saturated rings. The number of nitrogens with zero attached hydrogens (tertiary/aromatic N) is 1. The molecule has 0 bridgehead atoms. The molecule has 0 aliphatic heterocycles. The first kappa shape index (κ1) is 14.6. The van der Waals surface area contributed by atoms with Crippen molar-refractivity contribution in [3.63, 3.8) is 0 Å². The van der Waals surface area contributed by atoms with Crippen LogP contribution in [0, 0.1) is 6.92 Å². The second-order valence-corrected chi connectivity index (χ2v) is 4.41. The fourth-order valence-corrected chi connectivity index (χ4v) is 1.73. The van der Waals surface area contributed by atoms with E-state index in [1.165, 1.54) is 0 Å². The van der Waals surface area contributed by atoms with Crippen LogP contribution >= 0.6 is 0 Å². The van der Waals surface area contributed by atoms with Gasteiger partial charge >= 0.3 is 5.97 Å². The van der Waals surface area contributed by atoms with Crippen molar-refractivity contribution in [2.24, 2.45) is 5.10 Å². The molecule has 0 aliphatic carbocycles. The number of benzene rings is 2. The Hall–Kier alpha value is -2.82. The number of nitrogens with one attached hydrogen (secondary N) is 1. The largest absolute Gasteiger partial charge is 0.481 e. The molecule has 21 heavy (non-hydrogen) atoms. The van der Waals surface area contributed by atoms with Gasteiger partial charge in [-0.3, -0.25) is 5.43 Å². The summed E-state index contributed by atoms with van der Waals surface area (Å²) in [6.45, 7) is 1.61. The fraction of sp³-hybridized carbons (Fsp3) is 0.125. The molecule has 0 aromatic heterocycles. The van der Waals surface area contributed by atoms with Crippen molar-refractivity contribution in [3.8, 4) is 5.75 Å². The topological polar surface area (TPSA) is 70.9 Å². The molecule has 0 saturated heterocycles. The predicted molar refractivity (Wildman–Crippen MR) is 82.0 cm³/mol. The first-order valence-electron chi connectivity index (χ1n) is 6.45. The van der Waals surface area contributed by atoms with E-state index < -0.39 is 5.97 Å². The summed E-state index contributed by atoms with van der Waals surface area (Å²) >= 11 is 0. The molecule has 5 heteroatoms. The first-order valence-corrected chi connectivity index (χ1v) is 6.45. The minimum Gasteiger partial charge on any atom is -0.481 e. The second-order valence-electron chi connectivity index (χ2n) is 4.41. The van der Waals surface area contributed by atoms with Gasteiger partial charge in [0.2, 0.25) is 0 Å². The smallest absolute Gasteiger partial charge is 0.341 e. The van der Waals surface area contributed by atoms with E-state index in [2.05, 4.69) is 10.5 Å². The summed E-state index contributed by atoms with van der Waals surface area (Å²) in [6, 6.07) is 14.9. The Morgan fingerprint density at radius 3 is 2.71 bits per heavy atom. The summed E-state index contributed by atoms with van der Waals surface area (Å²) in [4.78, 5) is 10.5. The maximum atomic E-state index is 10.5. The molecule has 0 saturated carbocycles. The third-order valence-corrected chi connectivity index (χ3v) is 2.80. The van der Waals surface area contributed by atoms with Gasteiger partial charge in [-0.1, -0.05) is 30.3 Å². The monoisotopic (exact) mass is 284 g/mol. The van der Waals surface area contributed by atoms with E-state index in [0.717, 1.165) is 11.3 Å². The van der Waals surface area contributed by atoms with Gasteiger partial charge in [0.15, 0.2) is 6.61 Å². The van der Waals surface area contributed by atoms with E-state index in [9.17, 15) is 4.79 Å². The van der Waals surface area contributed by atoms with Crippen molar-refractivity contribution in [3.05, 3.63) is 59.7 Å². The second kappa shape index (κ2) is 7.09. The highest BCUT2D eigenvalue weighted by Gasteiger charge is 2.03. The van der Waals surface area contributed by atoms with E-state index in [0.29, 0.717) is 11.3 Å². The van der Waals surface area contributed by atoms with Crippen molar-refractivity contribution in [2.45, 2.75) is 6.92 Å². The lowest BCUT2D eigenvalue weighted by atomic mass is 10.2. The quantitative estimate of drug-likeness (QED) is 0.632. The van der Waals surface area contributed by atoms with Gasteiger partial charge in [-0.05, 0) is 30.7 Å². The Balaban J connectivity index is 2.07. The Kier molecular flexibility index (Phi) is 4.93. The number of aliphatic carboxylic acids is 1. The SMILES string of the molecule is Cc1ccccc1N/N=C\c1ccccc1OCC(=O)O. The number of hydrogen-bond donors (Lipinski definition) is 2. The Bertz CT molecular complexity index is 653. The van der Waals surface area contributed by atoms with Crippen LogP contribution in [0.2, 0.25) is 0 Å². The molecule has 0 aliphatic rings. The zero-order chi connectivity index (χ0) is 15.1. The summed E-state index contributed by atoms with van der Waals surface area (Å²) in [5.41, 5.74) is 5.66. The van der Waals surface area contributed by atoms with E-state index in [-0.39, 0.29) is 6.61 Å². The van der Waals surface area contributed by atoms with Gasteiger partial charge in [0.1, 0.15) is 5.75 Å². The Labute approximate surface area is 122 Å². The van der Waals surface area contributed by atoms with Crippen LogP contribution < -0.4 is 10.2 Å². The third-order valence-electron chi connectivity index (χ3n) is 2.80. The molecule has 5 nitrogen and oxygen atoms in total. The average molecular weight is 284 g/mol. The highest BCUT2D eigenvalue weighted by molar-refractivity contribution is 5.84. The van der Waals surface area contributed by atoms with Gasteiger partial charge < -0.3 is 9.84 Å². The molecule has 0 heterocycles. The summed E-state index contributed by atoms with van der Waals surface area (Å²) in [7, 11) is 0. The molecule has 0 unspecified atom stereocenters. The van der Waals surface area contributed by atoms with Crippen LogP contribution in [0.15, 0.2) is 53.6 Å². The first-order chi connectivity index (χ1) is 10.2. The van der Waals surface area contributed by atoms with E-state index >= 15 is 0 Å². The Morgan fingerprint density at radius 2 is 1.95 bits per heavy atom. The van der Waals surface area contributed by atoms with Gasteiger partial charge in [-0.2, -0.15) is 5.10 Å². The molecule has 0 atom stereocenters. The average Bonchev–Trinajstić information content (AvgIpc) is 2.48. The lowest BCUT2D eigenvalue weighted by molar-refractivity contribution is -0.139. The summed E-state index contributed by atoms with van der Waals surface area (Å²) < 4.78 is 5.21. The number of para-hydroxylation sites is 2. The predicted octanol–water partition coefficient (Wildman–Crippen LogP) is 2.90. The van der Waals surface area contributed by atoms with Gasteiger partial charge in [-0.25, -0.2) is 4.79 Å². The Morgan fingerprint density at radius 1 is 1.24 bits per heavy atom. The van der Waals surface area contributed by atoms with Crippen molar-refractivity contribution in [1.29, 1.82) is 0 Å². The highest BCUT2D eigenvalue weighted by atomic mass is 16.5. The van der Waals surface area contributed by atoms with Crippen LogP contribution in [0.1, 0.15) is 11.1 Å². The number of carboxylic acid groups (broad SMARTS) is 1. The molecular weight excluding hydrogens is 268 g/mol. The number of aryl methyl sites for hydroxylation is 1. The molecule has 0 spiro atoms. The lowest BCUT2D eigenvalue weighted by Crippen LogP contribution is -2.10. The third kappa shape index (κ3) is 4.35. The normalized spacial score (nSPS) is 10.5. The van der Waals surface area contributed by atoms with Crippen LogP contribution in [0.4, 0.5) is 5.69 Å². The minimum atomic E-state index is -1.01. The van der Waals surface area contributed by atoms with Gasteiger partial charge in [-0.15, -0.1) is 0 Å². The zero-order valence-corrected chi connectivity index (χ0v) is 11.6. The summed E-state index contributed by atoms with van der Waals surface area (Å²) in [6.07, 6.45) is 1.60. The molecule has 2 rings (SSSR count). The van der Waals surface area contributed by atoms with E-state index in [1.54, 1.807) is 24.4 Å². The highest BCUT2D eigenvalue weighted by Crippen LogP contribution is 2.16. The van der Waals surface area contributed by atoms with Gasteiger partial charge in [0, 0.05) is 5.56 Å². The van der Waals surface area contributed by atoms with Crippen LogP contribution in [0.5, 0.6) is 5.75 Å². The van der Waals surface area contributed by atoms with Crippen molar-refractivity contribution >= 4 is 17.9 Å². The van der Waals surface area contributed by atoms with E-state index in [1.807, 2.05) is 37.3 Å². The lowest BCUT2D eigenvalue weighted by Gasteiger charge is -2.07. The molecule has 0 amide bonds. The number of carbonyl (C=O) groups is 1. The van der Waals surface area contributed by atoms with Crippen molar-refractivity contribution in [1.82, 2.24) is 0 Å². The minimum absolute atomic E-state index is 0.379. The maximum Gasteiger partial charge on any atom is 0.341 e. The number of anilines is 1. The number of hydrazone groups is 1. The molecule has 2 aromatic rings. The zero-order valence-electron chi connectivity index (χ0n) is 11.6. The maximum absolute atomic E-state index is 10.5. The summed E-state index contributed by atoms with van der Waals surface area (Å²) in [5, 5.41) is 12.8. The number of ether oxygens (including phenoxy) is 1. The number of carboxylic acids is 1. The van der Waals surface area contributed by atoms with Crippen LogP contribution in [-0.2, 0) is 4.79 Å². The standard InChI is InChI=1S/C16H16N2O3/c1-12-6-2-4-8-14(12)18-17-10-13-7-3-5-9-15(13)21-11-16(19)20/h2-10,18H,11H2,1H3,(H,19,20)/b17-10-. The number of rotatable bonds is 6. The van der Waals surface area contributed by atoms with Crippen molar-refractivity contribution in [2.75, 3.05) is 12.0 Å². The molecule has 0 radical (unpaired) electrons. The van der Waals surface area contributed by atoms with Crippen LogP contribution in [-0.4, -0.2) is 23.9 Å². The number of hydrogen-bond acceptors (Lipinski definition) is 4. The molecule has 2 aromatic carbocycles. The van der Waals surface area contributed by atoms with Gasteiger partial charge in [0.25, 0.3) is 0 Å². The molecule has 2 N–H and O–H groups in total. The van der Waals surface area contributed by atoms with Crippen LogP contribution in [0.3, 0.4) is 0 Å². The van der Waals surface area contributed by atoms with Crippen molar-refractivity contribution < 1.29 is 14.6 Å². The van der Waals surface area contributed by atoms with Crippen LogP contribution in [0.25, 0.3) is 0 Å². The molecular formula is C16H16N2O3. The van der Waals surface area contributed by atoms with E-state index in [4.69, 9.17) is 9.84 Å². The summed E-state index contributed by atoms with van der Waals surface area (Å²) in [5.74, 6) is -0.532.